The van der Waals surface area contributed by atoms with E-state index in [1.807, 2.05) is 12.1 Å². The minimum atomic E-state index is -0.375. The highest BCUT2D eigenvalue weighted by Gasteiger charge is 2.15. The van der Waals surface area contributed by atoms with Crippen molar-refractivity contribution in [1.29, 1.82) is 0 Å². The van der Waals surface area contributed by atoms with Gasteiger partial charge in [0.25, 0.3) is 0 Å². The first-order valence-corrected chi connectivity index (χ1v) is 5.55. The zero-order valence-corrected chi connectivity index (χ0v) is 10.7. The molecule has 0 aliphatic carbocycles. The molecule has 3 N–H and O–H groups in total. The minimum Gasteiger partial charge on any atom is -0.369 e. The van der Waals surface area contributed by atoms with Crippen LogP contribution < -0.4 is 16.0 Å². The first-order chi connectivity index (χ1) is 7.66. The average Bonchev–Trinajstić information content (AvgIpc) is 2.29. The molecule has 0 bridgehead atoms. The van der Waals surface area contributed by atoms with Gasteiger partial charge >= 0.3 is 0 Å². The first-order valence-electron chi connectivity index (χ1n) is 5.55. The Morgan fingerprint density at radius 1 is 1.41 bits per heavy atom. The van der Waals surface area contributed by atoms with Crippen LogP contribution in [0, 0.1) is 0 Å². The maximum Gasteiger partial charge on any atom is 0.248 e. The van der Waals surface area contributed by atoms with Crippen molar-refractivity contribution < 1.29 is 4.79 Å². The molecule has 0 radical (unpaired) electrons. The molecule has 1 heterocycles. The van der Waals surface area contributed by atoms with Gasteiger partial charge in [-0.1, -0.05) is 0 Å². The summed E-state index contributed by atoms with van der Waals surface area (Å²) in [5, 5.41) is 3.40. The number of primary amides is 1. The van der Waals surface area contributed by atoms with E-state index in [0.717, 1.165) is 25.3 Å². The van der Waals surface area contributed by atoms with Gasteiger partial charge in [0.05, 0.1) is 0 Å². The lowest BCUT2D eigenvalue weighted by atomic mass is 10.1. The normalized spacial score (nSPS) is 19.6. The number of carbonyl (C=O) groups is 1. The van der Waals surface area contributed by atoms with Crippen molar-refractivity contribution in [3.63, 3.8) is 0 Å². The number of benzene rings is 1. The van der Waals surface area contributed by atoms with Crippen LogP contribution in [0.1, 0.15) is 17.3 Å². The van der Waals surface area contributed by atoms with Gasteiger partial charge in [-0.05, 0) is 31.2 Å². The summed E-state index contributed by atoms with van der Waals surface area (Å²) >= 11 is 0. The number of anilines is 1. The Balaban J connectivity index is 0.00000144. The van der Waals surface area contributed by atoms with E-state index >= 15 is 0 Å². The van der Waals surface area contributed by atoms with Gasteiger partial charge in [-0.2, -0.15) is 0 Å². The number of nitrogens with two attached hydrogens (primary N) is 1. The Bertz CT molecular complexity index is 380. The van der Waals surface area contributed by atoms with Gasteiger partial charge in [0.1, 0.15) is 0 Å². The van der Waals surface area contributed by atoms with E-state index in [1.54, 1.807) is 12.1 Å². The Morgan fingerprint density at radius 3 is 2.59 bits per heavy atom. The van der Waals surface area contributed by atoms with Crippen molar-refractivity contribution in [1.82, 2.24) is 5.32 Å². The molecular weight excluding hydrogens is 238 g/mol. The molecule has 1 saturated heterocycles. The van der Waals surface area contributed by atoms with Crippen LogP contribution in [0.15, 0.2) is 24.3 Å². The van der Waals surface area contributed by atoms with Crippen LogP contribution >= 0.6 is 12.4 Å². The molecule has 0 spiro atoms. The highest BCUT2D eigenvalue weighted by atomic mass is 35.5. The molecule has 2 rings (SSSR count). The fourth-order valence-electron chi connectivity index (χ4n) is 2.00. The van der Waals surface area contributed by atoms with E-state index in [0.29, 0.717) is 11.6 Å². The second kappa shape index (κ2) is 5.89. The topological polar surface area (TPSA) is 58.4 Å². The number of nitrogens with one attached hydrogen (secondary N) is 1. The number of hydrogen-bond acceptors (Lipinski definition) is 3. The van der Waals surface area contributed by atoms with Crippen LogP contribution in [0.2, 0.25) is 0 Å². The molecule has 1 aliphatic heterocycles. The summed E-state index contributed by atoms with van der Waals surface area (Å²) < 4.78 is 0. The molecular formula is C12H18ClN3O. The number of halogens is 1. The SMILES string of the molecule is CC1CN(c2ccc(C(N)=O)cc2)CCN1.Cl. The van der Waals surface area contributed by atoms with Gasteiger partial charge in [0.15, 0.2) is 0 Å². The molecule has 1 aromatic carbocycles. The van der Waals surface area contributed by atoms with Crippen LogP contribution in [0.25, 0.3) is 0 Å². The molecule has 1 aromatic rings. The third-order valence-corrected chi connectivity index (χ3v) is 2.89. The lowest BCUT2D eigenvalue weighted by Gasteiger charge is -2.33. The third-order valence-electron chi connectivity index (χ3n) is 2.89. The Labute approximate surface area is 108 Å². The third kappa shape index (κ3) is 3.35. The molecule has 1 fully saturated rings. The molecule has 5 heteroatoms. The maximum absolute atomic E-state index is 10.9. The van der Waals surface area contributed by atoms with E-state index in [2.05, 4.69) is 17.1 Å². The van der Waals surface area contributed by atoms with Crippen LogP contribution in [0.4, 0.5) is 5.69 Å². The summed E-state index contributed by atoms with van der Waals surface area (Å²) in [7, 11) is 0. The summed E-state index contributed by atoms with van der Waals surface area (Å²) in [6.45, 7) is 5.17. The van der Waals surface area contributed by atoms with Crippen molar-refractivity contribution in [2.24, 2.45) is 5.73 Å². The van der Waals surface area contributed by atoms with E-state index in [1.165, 1.54) is 0 Å². The van der Waals surface area contributed by atoms with Crippen molar-refractivity contribution in [2.75, 3.05) is 24.5 Å². The Hall–Kier alpha value is -1.26. The van der Waals surface area contributed by atoms with Crippen LogP contribution in [-0.2, 0) is 0 Å². The number of hydrogen-bond donors (Lipinski definition) is 2. The van der Waals surface area contributed by atoms with Crippen LogP contribution in [0.3, 0.4) is 0 Å². The minimum absolute atomic E-state index is 0. The van der Waals surface area contributed by atoms with Gasteiger partial charge < -0.3 is 16.0 Å². The Morgan fingerprint density at radius 2 is 2.06 bits per heavy atom. The van der Waals surface area contributed by atoms with E-state index in [9.17, 15) is 4.79 Å². The smallest absolute Gasteiger partial charge is 0.248 e. The number of rotatable bonds is 2. The molecule has 1 aliphatic rings. The number of nitrogens with zero attached hydrogens (tertiary/aromatic N) is 1. The molecule has 0 aromatic heterocycles. The lowest BCUT2D eigenvalue weighted by molar-refractivity contribution is 0.100. The summed E-state index contributed by atoms with van der Waals surface area (Å²) in [4.78, 5) is 13.3. The molecule has 94 valence electrons. The second-order valence-electron chi connectivity index (χ2n) is 4.21. The highest BCUT2D eigenvalue weighted by molar-refractivity contribution is 5.93. The predicted molar refractivity (Wildman–Crippen MR) is 71.9 cm³/mol. The average molecular weight is 256 g/mol. The van der Waals surface area contributed by atoms with Gasteiger partial charge in [0.2, 0.25) is 5.91 Å². The summed E-state index contributed by atoms with van der Waals surface area (Å²) in [6, 6.07) is 7.98. The summed E-state index contributed by atoms with van der Waals surface area (Å²) in [5.41, 5.74) is 6.92. The van der Waals surface area contributed by atoms with Crippen LogP contribution in [-0.4, -0.2) is 31.6 Å². The Kier molecular flexibility index (Phi) is 4.78. The predicted octanol–water partition coefficient (Wildman–Crippen LogP) is 1.01. The van der Waals surface area contributed by atoms with Gasteiger partial charge in [0, 0.05) is 36.9 Å². The number of carbonyl (C=O) groups excluding carboxylic acids is 1. The fourth-order valence-corrected chi connectivity index (χ4v) is 2.00. The van der Waals surface area contributed by atoms with Crippen LogP contribution in [0.5, 0.6) is 0 Å². The van der Waals surface area contributed by atoms with Gasteiger partial charge in [-0.25, -0.2) is 0 Å². The van der Waals surface area contributed by atoms with E-state index in [4.69, 9.17) is 5.73 Å². The largest absolute Gasteiger partial charge is 0.369 e. The molecule has 4 nitrogen and oxygen atoms in total. The molecule has 1 unspecified atom stereocenters. The monoisotopic (exact) mass is 255 g/mol. The zero-order chi connectivity index (χ0) is 11.5. The summed E-state index contributed by atoms with van der Waals surface area (Å²) in [5.74, 6) is -0.375. The lowest BCUT2D eigenvalue weighted by Crippen LogP contribution is -2.49. The first kappa shape index (κ1) is 13.8. The van der Waals surface area contributed by atoms with Gasteiger partial charge in [-0.3, -0.25) is 4.79 Å². The molecule has 0 saturated carbocycles. The molecule has 1 amide bonds. The van der Waals surface area contributed by atoms with Crippen molar-refractivity contribution in [3.8, 4) is 0 Å². The zero-order valence-electron chi connectivity index (χ0n) is 9.85. The van der Waals surface area contributed by atoms with Crippen molar-refractivity contribution in [2.45, 2.75) is 13.0 Å². The molecule has 17 heavy (non-hydrogen) atoms. The fraction of sp³-hybridized carbons (Fsp3) is 0.417. The maximum atomic E-state index is 10.9. The summed E-state index contributed by atoms with van der Waals surface area (Å²) in [6.07, 6.45) is 0. The second-order valence-corrected chi connectivity index (χ2v) is 4.21. The number of piperazine rings is 1. The molecule has 1 atom stereocenters. The van der Waals surface area contributed by atoms with E-state index < -0.39 is 0 Å². The number of amides is 1. The van der Waals surface area contributed by atoms with E-state index in [-0.39, 0.29) is 18.3 Å². The highest BCUT2D eigenvalue weighted by Crippen LogP contribution is 2.16. The quantitative estimate of drug-likeness (QED) is 0.829. The standard InChI is InChI=1S/C12H17N3O.ClH/c1-9-8-15(7-6-14-9)11-4-2-10(3-5-11)12(13)16;/h2-5,9,14H,6-8H2,1H3,(H2,13,16);1H. The van der Waals surface area contributed by atoms with Crippen molar-refractivity contribution in [3.05, 3.63) is 29.8 Å². The van der Waals surface area contributed by atoms with Crippen molar-refractivity contribution >= 4 is 24.0 Å². The van der Waals surface area contributed by atoms with Gasteiger partial charge in [-0.15, -0.1) is 12.4 Å².